The summed E-state index contributed by atoms with van der Waals surface area (Å²) in [6.07, 6.45) is 1.98. The van der Waals surface area contributed by atoms with Crippen molar-refractivity contribution in [3.63, 3.8) is 0 Å². The predicted molar refractivity (Wildman–Crippen MR) is 110 cm³/mol. The molecule has 0 unspecified atom stereocenters. The van der Waals surface area contributed by atoms with Gasteiger partial charge in [0.1, 0.15) is 10.6 Å². The SMILES string of the molecule is CCOC(=O)c1c(N)sc2c1C(=CNc1ccc(Cl)cc1)C(=O)CC2(C)C. The second-order valence-corrected chi connectivity index (χ2v) is 8.45. The van der Waals surface area contributed by atoms with Gasteiger partial charge in [-0.15, -0.1) is 11.3 Å². The number of hydrogen-bond acceptors (Lipinski definition) is 6. The fraction of sp³-hybridized carbons (Fsp3) is 0.300. The van der Waals surface area contributed by atoms with Crippen LogP contribution in [0.3, 0.4) is 0 Å². The van der Waals surface area contributed by atoms with Crippen LogP contribution in [0.4, 0.5) is 10.7 Å². The van der Waals surface area contributed by atoms with Gasteiger partial charge in [-0.05, 0) is 31.2 Å². The van der Waals surface area contributed by atoms with Crippen LogP contribution in [0.1, 0.15) is 48.0 Å². The molecular weight excluding hydrogens is 384 g/mol. The molecule has 3 rings (SSSR count). The number of nitrogens with two attached hydrogens (primary N) is 1. The lowest BCUT2D eigenvalue weighted by Gasteiger charge is -2.30. The average molecular weight is 405 g/mol. The predicted octanol–water partition coefficient (Wildman–Crippen LogP) is 4.86. The van der Waals surface area contributed by atoms with E-state index < -0.39 is 11.4 Å². The lowest BCUT2D eigenvalue weighted by molar-refractivity contribution is -0.114. The number of thiophene rings is 1. The molecule has 0 amide bonds. The summed E-state index contributed by atoms with van der Waals surface area (Å²) in [5, 5.41) is 4.12. The molecule has 3 N–H and O–H groups in total. The van der Waals surface area contributed by atoms with Gasteiger partial charge in [0.05, 0.1) is 6.61 Å². The third kappa shape index (κ3) is 3.73. The van der Waals surface area contributed by atoms with Crippen molar-refractivity contribution in [3.8, 4) is 0 Å². The first kappa shape index (κ1) is 19.5. The molecule has 0 saturated carbocycles. The summed E-state index contributed by atoms with van der Waals surface area (Å²) in [6.45, 7) is 5.94. The Hall–Kier alpha value is -2.31. The maximum Gasteiger partial charge on any atom is 0.341 e. The van der Waals surface area contributed by atoms with Gasteiger partial charge in [-0.2, -0.15) is 0 Å². The first-order valence-electron chi connectivity index (χ1n) is 8.60. The van der Waals surface area contributed by atoms with E-state index in [2.05, 4.69) is 5.32 Å². The number of ether oxygens (including phenoxy) is 1. The number of fused-ring (bicyclic) bond motifs is 1. The Kier molecular flexibility index (Phi) is 5.31. The molecule has 0 atom stereocenters. The molecule has 1 heterocycles. The molecule has 142 valence electrons. The Labute approximate surface area is 167 Å². The summed E-state index contributed by atoms with van der Waals surface area (Å²) in [4.78, 5) is 26.3. The lowest BCUT2D eigenvalue weighted by atomic mass is 9.74. The van der Waals surface area contributed by atoms with E-state index in [0.29, 0.717) is 27.6 Å². The second-order valence-electron chi connectivity index (χ2n) is 6.96. The summed E-state index contributed by atoms with van der Waals surface area (Å²) < 4.78 is 5.18. The molecule has 7 heteroatoms. The van der Waals surface area contributed by atoms with Crippen LogP contribution in [0, 0.1) is 0 Å². The van der Waals surface area contributed by atoms with Gasteiger partial charge in [0, 0.05) is 44.8 Å². The van der Waals surface area contributed by atoms with Crippen LogP contribution in [-0.4, -0.2) is 18.4 Å². The van der Waals surface area contributed by atoms with Gasteiger partial charge < -0.3 is 15.8 Å². The molecule has 1 aromatic heterocycles. The van der Waals surface area contributed by atoms with E-state index in [-0.39, 0.29) is 18.0 Å². The number of carbonyl (C=O) groups is 2. The molecule has 2 aromatic rings. The van der Waals surface area contributed by atoms with E-state index in [1.54, 1.807) is 25.3 Å². The molecule has 0 saturated heterocycles. The van der Waals surface area contributed by atoms with Crippen LogP contribution in [0.2, 0.25) is 5.02 Å². The maximum absolute atomic E-state index is 12.9. The summed E-state index contributed by atoms with van der Waals surface area (Å²) in [7, 11) is 0. The number of halogens is 1. The number of ketones is 1. The average Bonchev–Trinajstić information content (AvgIpc) is 2.94. The van der Waals surface area contributed by atoms with Gasteiger partial charge in [-0.25, -0.2) is 4.79 Å². The molecule has 1 aromatic carbocycles. The highest BCUT2D eigenvalue weighted by molar-refractivity contribution is 7.17. The van der Waals surface area contributed by atoms with E-state index >= 15 is 0 Å². The molecule has 1 aliphatic rings. The minimum absolute atomic E-state index is 0.0442. The van der Waals surface area contributed by atoms with Gasteiger partial charge in [-0.3, -0.25) is 4.79 Å². The van der Waals surface area contributed by atoms with Crippen molar-refractivity contribution in [1.29, 1.82) is 0 Å². The zero-order chi connectivity index (χ0) is 19.8. The number of allylic oxidation sites excluding steroid dienone is 1. The third-order valence-corrected chi connectivity index (χ3v) is 6.07. The molecule has 1 aliphatic carbocycles. The number of Topliss-reactive ketones (excluding diaryl/α,β-unsaturated/α-hetero) is 1. The molecule has 27 heavy (non-hydrogen) atoms. The quantitative estimate of drug-likeness (QED) is 0.561. The number of nitrogens with one attached hydrogen (secondary N) is 1. The first-order chi connectivity index (χ1) is 12.7. The van der Waals surface area contributed by atoms with Crippen LogP contribution >= 0.6 is 22.9 Å². The third-order valence-electron chi connectivity index (χ3n) is 4.43. The van der Waals surface area contributed by atoms with Gasteiger partial charge in [-0.1, -0.05) is 25.4 Å². The largest absolute Gasteiger partial charge is 0.462 e. The molecule has 5 nitrogen and oxygen atoms in total. The highest BCUT2D eigenvalue weighted by Gasteiger charge is 2.41. The zero-order valence-electron chi connectivity index (χ0n) is 15.4. The summed E-state index contributed by atoms with van der Waals surface area (Å²) in [5.41, 5.74) is 7.84. The van der Waals surface area contributed by atoms with Crippen molar-refractivity contribution < 1.29 is 14.3 Å². The molecule has 0 bridgehead atoms. The van der Waals surface area contributed by atoms with Crippen molar-refractivity contribution in [2.75, 3.05) is 17.7 Å². The number of carbonyl (C=O) groups excluding carboxylic acids is 2. The monoisotopic (exact) mass is 404 g/mol. The fourth-order valence-electron chi connectivity index (χ4n) is 3.16. The van der Waals surface area contributed by atoms with E-state index in [1.807, 2.05) is 26.0 Å². The summed E-state index contributed by atoms with van der Waals surface area (Å²) >= 11 is 7.25. The molecule has 0 aliphatic heterocycles. The first-order valence-corrected chi connectivity index (χ1v) is 9.79. The van der Waals surface area contributed by atoms with Crippen LogP contribution in [0.25, 0.3) is 5.57 Å². The molecular formula is C20H21ClN2O3S. The van der Waals surface area contributed by atoms with Crippen molar-refractivity contribution in [1.82, 2.24) is 0 Å². The van der Waals surface area contributed by atoms with Crippen LogP contribution in [0.5, 0.6) is 0 Å². The van der Waals surface area contributed by atoms with Crippen molar-refractivity contribution in [2.45, 2.75) is 32.6 Å². The Morgan fingerprint density at radius 2 is 2.04 bits per heavy atom. The van der Waals surface area contributed by atoms with Crippen LogP contribution in [-0.2, 0) is 14.9 Å². The highest BCUT2D eigenvalue weighted by Crippen LogP contribution is 2.48. The molecule has 0 fully saturated rings. The zero-order valence-corrected chi connectivity index (χ0v) is 17.0. The minimum Gasteiger partial charge on any atom is -0.462 e. The van der Waals surface area contributed by atoms with Gasteiger partial charge in [0.2, 0.25) is 0 Å². The van der Waals surface area contributed by atoms with E-state index in [4.69, 9.17) is 22.1 Å². The smallest absolute Gasteiger partial charge is 0.341 e. The Morgan fingerprint density at radius 1 is 1.37 bits per heavy atom. The topological polar surface area (TPSA) is 81.4 Å². The highest BCUT2D eigenvalue weighted by atomic mass is 35.5. The lowest BCUT2D eigenvalue weighted by Crippen LogP contribution is -2.29. The van der Waals surface area contributed by atoms with Gasteiger partial charge in [0.25, 0.3) is 0 Å². The van der Waals surface area contributed by atoms with Crippen LogP contribution < -0.4 is 11.1 Å². The van der Waals surface area contributed by atoms with E-state index in [0.717, 1.165) is 10.6 Å². The number of rotatable bonds is 4. The van der Waals surface area contributed by atoms with Gasteiger partial charge in [0.15, 0.2) is 5.78 Å². The normalized spacial score (nSPS) is 16.9. The Bertz CT molecular complexity index is 929. The standard InChI is InChI=1S/C20H21ClN2O3S/c1-4-26-19(25)16-15-13(10-23-12-7-5-11(21)6-8-12)14(24)9-20(2,3)17(15)27-18(16)22/h5-8,10,23H,4,9,22H2,1-3H3. The van der Waals surface area contributed by atoms with Crippen molar-refractivity contribution in [3.05, 3.63) is 51.5 Å². The summed E-state index contributed by atoms with van der Waals surface area (Å²) in [6, 6.07) is 7.13. The number of anilines is 2. The van der Waals surface area contributed by atoms with Crippen molar-refractivity contribution in [2.24, 2.45) is 0 Å². The minimum atomic E-state index is -0.504. The Morgan fingerprint density at radius 3 is 2.67 bits per heavy atom. The molecule has 0 spiro atoms. The number of hydrogen-bond donors (Lipinski definition) is 2. The van der Waals surface area contributed by atoms with Crippen LogP contribution in [0.15, 0.2) is 30.5 Å². The van der Waals surface area contributed by atoms with Gasteiger partial charge >= 0.3 is 5.97 Å². The number of benzene rings is 1. The molecule has 0 radical (unpaired) electrons. The number of nitrogen functional groups attached to an aromatic ring is 1. The van der Waals surface area contributed by atoms with Crippen molar-refractivity contribution >= 4 is 51.0 Å². The second kappa shape index (κ2) is 7.37. The fourth-order valence-corrected chi connectivity index (χ4v) is 4.45. The maximum atomic E-state index is 12.9. The number of esters is 1. The Balaban J connectivity index is 2.10. The van der Waals surface area contributed by atoms with E-state index in [9.17, 15) is 9.59 Å². The summed E-state index contributed by atoms with van der Waals surface area (Å²) in [5.74, 6) is -0.548. The van der Waals surface area contributed by atoms with E-state index in [1.165, 1.54) is 11.3 Å².